The molecule has 1 aliphatic rings. The summed E-state index contributed by atoms with van der Waals surface area (Å²) in [7, 11) is 0. The Balaban J connectivity index is 0.00000243. The summed E-state index contributed by atoms with van der Waals surface area (Å²) in [4.78, 5) is 11.1. The van der Waals surface area contributed by atoms with Gasteiger partial charge in [0.05, 0.1) is 6.54 Å². The molecule has 0 radical (unpaired) electrons. The summed E-state index contributed by atoms with van der Waals surface area (Å²) in [5.41, 5.74) is 0.724. The molecule has 0 atom stereocenters. The Hall–Kier alpha value is -1.91. The number of halogens is 2. The molecular formula is C17H24FIN6O. The van der Waals surface area contributed by atoms with Crippen molar-refractivity contribution in [2.24, 2.45) is 4.99 Å². The lowest BCUT2D eigenvalue weighted by molar-refractivity contribution is 0.299. The zero-order chi connectivity index (χ0) is 17.6. The van der Waals surface area contributed by atoms with E-state index < -0.39 is 5.82 Å². The van der Waals surface area contributed by atoms with Crippen LogP contribution in [0.2, 0.25) is 0 Å². The Morgan fingerprint density at radius 1 is 1.42 bits per heavy atom. The first-order valence-corrected chi connectivity index (χ1v) is 8.53. The highest BCUT2D eigenvalue weighted by Crippen LogP contribution is 2.25. The van der Waals surface area contributed by atoms with Gasteiger partial charge in [0, 0.05) is 25.6 Å². The third-order valence-electron chi connectivity index (χ3n) is 4.37. The lowest BCUT2D eigenvalue weighted by atomic mass is 9.96. The maximum atomic E-state index is 13.4. The van der Waals surface area contributed by atoms with Crippen LogP contribution >= 0.6 is 24.0 Å². The molecule has 3 N–H and O–H groups in total. The van der Waals surface area contributed by atoms with Crippen LogP contribution in [0.4, 0.5) is 4.39 Å². The van der Waals surface area contributed by atoms with Gasteiger partial charge in [0.25, 0.3) is 0 Å². The molecule has 2 aromatic rings. The second kappa shape index (κ2) is 9.70. The molecule has 0 bridgehead atoms. The van der Waals surface area contributed by atoms with E-state index >= 15 is 0 Å². The van der Waals surface area contributed by atoms with Crippen molar-refractivity contribution < 1.29 is 9.50 Å². The van der Waals surface area contributed by atoms with Crippen LogP contribution in [0, 0.1) is 5.82 Å². The smallest absolute Gasteiger partial charge is 0.194 e. The molecule has 1 aromatic carbocycles. The van der Waals surface area contributed by atoms with Crippen LogP contribution in [-0.4, -0.2) is 50.8 Å². The number of benzene rings is 1. The molecule has 1 aliphatic heterocycles. The number of nitrogens with one attached hydrogen (secondary N) is 2. The molecule has 9 heteroatoms. The van der Waals surface area contributed by atoms with Gasteiger partial charge < -0.3 is 15.3 Å². The minimum absolute atomic E-state index is 0. The highest BCUT2D eigenvalue weighted by atomic mass is 127. The number of aliphatic imine (C=N–C) groups is 1. The number of guanidine groups is 1. The second-order valence-electron chi connectivity index (χ2n) is 6.09. The van der Waals surface area contributed by atoms with Crippen LogP contribution in [0.1, 0.15) is 37.1 Å². The number of piperidine rings is 1. The van der Waals surface area contributed by atoms with Gasteiger partial charge in [0.15, 0.2) is 17.5 Å². The largest absolute Gasteiger partial charge is 0.505 e. The van der Waals surface area contributed by atoms with Gasteiger partial charge in [-0.15, -0.1) is 24.0 Å². The lowest BCUT2D eigenvalue weighted by Crippen LogP contribution is -2.45. The minimum Gasteiger partial charge on any atom is -0.505 e. The van der Waals surface area contributed by atoms with Crippen LogP contribution in [-0.2, 0) is 6.54 Å². The van der Waals surface area contributed by atoms with Crippen molar-refractivity contribution in [2.75, 3.05) is 19.6 Å². The summed E-state index contributed by atoms with van der Waals surface area (Å²) < 4.78 is 13.4. The van der Waals surface area contributed by atoms with Crippen molar-refractivity contribution >= 4 is 29.9 Å². The Morgan fingerprint density at radius 3 is 2.81 bits per heavy atom. The fourth-order valence-corrected chi connectivity index (χ4v) is 3.02. The Morgan fingerprint density at radius 2 is 2.19 bits per heavy atom. The fraction of sp³-hybridized carbons (Fsp3) is 0.471. The molecule has 0 amide bonds. The van der Waals surface area contributed by atoms with E-state index in [9.17, 15) is 9.50 Å². The SMILES string of the molecule is CCNC(=NCc1ccc(O)c(F)c1)N1CCC(c2ncn[nH]2)CC1.I. The fourth-order valence-electron chi connectivity index (χ4n) is 3.02. The topological polar surface area (TPSA) is 89.4 Å². The van der Waals surface area contributed by atoms with Gasteiger partial charge in [0.1, 0.15) is 12.2 Å². The van der Waals surface area contributed by atoms with Gasteiger partial charge in [-0.1, -0.05) is 6.07 Å². The summed E-state index contributed by atoms with van der Waals surface area (Å²) >= 11 is 0. The van der Waals surface area contributed by atoms with Crippen LogP contribution in [0.15, 0.2) is 29.5 Å². The number of phenolic OH excluding ortho intramolecular Hbond substituents is 1. The van der Waals surface area contributed by atoms with Gasteiger partial charge >= 0.3 is 0 Å². The van der Waals surface area contributed by atoms with E-state index in [2.05, 4.69) is 30.4 Å². The van der Waals surface area contributed by atoms with Gasteiger partial charge in [-0.2, -0.15) is 5.10 Å². The summed E-state index contributed by atoms with van der Waals surface area (Å²) in [6.45, 7) is 4.91. The number of hydrogen-bond donors (Lipinski definition) is 3. The van der Waals surface area contributed by atoms with Gasteiger partial charge in [0.2, 0.25) is 0 Å². The normalized spacial score (nSPS) is 15.6. The number of aromatic nitrogens is 3. The van der Waals surface area contributed by atoms with Crippen molar-refractivity contribution in [1.29, 1.82) is 0 Å². The van der Waals surface area contributed by atoms with Crippen molar-refractivity contribution in [2.45, 2.75) is 32.2 Å². The number of aromatic hydroxyl groups is 1. The summed E-state index contributed by atoms with van der Waals surface area (Å²) in [6, 6.07) is 4.36. The number of nitrogens with zero attached hydrogens (tertiary/aromatic N) is 4. The van der Waals surface area contributed by atoms with E-state index in [0.29, 0.717) is 12.5 Å². The molecule has 1 aromatic heterocycles. The first-order valence-electron chi connectivity index (χ1n) is 8.53. The van der Waals surface area contributed by atoms with Crippen LogP contribution in [0.25, 0.3) is 0 Å². The van der Waals surface area contributed by atoms with Crippen LogP contribution < -0.4 is 5.32 Å². The van der Waals surface area contributed by atoms with E-state index in [0.717, 1.165) is 49.8 Å². The monoisotopic (exact) mass is 474 g/mol. The standard InChI is InChI=1S/C17H23FN6O.HI/c1-2-19-17(20-10-12-3-4-15(25)14(18)9-12)24-7-5-13(6-8-24)16-21-11-22-23-16;/h3-4,9,11,13,25H,2,5-8,10H2,1H3,(H,19,20)(H,21,22,23);1H. The first kappa shape index (κ1) is 20.4. The molecule has 0 spiro atoms. The molecule has 26 heavy (non-hydrogen) atoms. The number of phenols is 1. The van der Waals surface area contributed by atoms with Crippen molar-refractivity contribution in [3.8, 4) is 5.75 Å². The van der Waals surface area contributed by atoms with E-state index in [-0.39, 0.29) is 29.7 Å². The average Bonchev–Trinajstić information content (AvgIpc) is 3.16. The molecular weight excluding hydrogens is 450 g/mol. The first-order chi connectivity index (χ1) is 12.2. The maximum absolute atomic E-state index is 13.4. The quantitative estimate of drug-likeness (QED) is 0.360. The van der Waals surface area contributed by atoms with Crippen LogP contribution in [0.3, 0.4) is 0 Å². The van der Waals surface area contributed by atoms with Gasteiger partial charge in [-0.25, -0.2) is 14.4 Å². The molecule has 0 unspecified atom stereocenters. The predicted octanol–water partition coefficient (Wildman–Crippen LogP) is 2.61. The van der Waals surface area contributed by atoms with Crippen molar-refractivity contribution in [3.05, 3.63) is 41.7 Å². The molecule has 7 nitrogen and oxygen atoms in total. The molecule has 142 valence electrons. The van der Waals surface area contributed by atoms with E-state index in [1.54, 1.807) is 12.4 Å². The molecule has 0 saturated carbocycles. The zero-order valence-corrected chi connectivity index (χ0v) is 17.0. The number of aromatic amines is 1. The van der Waals surface area contributed by atoms with Crippen molar-refractivity contribution in [3.63, 3.8) is 0 Å². The second-order valence-corrected chi connectivity index (χ2v) is 6.09. The Kier molecular flexibility index (Phi) is 7.61. The van der Waals surface area contributed by atoms with E-state index in [4.69, 9.17) is 0 Å². The maximum Gasteiger partial charge on any atom is 0.194 e. The highest BCUT2D eigenvalue weighted by molar-refractivity contribution is 14.0. The Bertz CT molecular complexity index is 716. The molecule has 3 rings (SSSR count). The number of hydrogen-bond acceptors (Lipinski definition) is 4. The third-order valence-corrected chi connectivity index (χ3v) is 4.37. The molecule has 2 heterocycles. The predicted molar refractivity (Wildman–Crippen MR) is 108 cm³/mol. The minimum atomic E-state index is -0.620. The van der Waals surface area contributed by atoms with E-state index in [1.165, 1.54) is 12.1 Å². The molecule has 1 saturated heterocycles. The lowest BCUT2D eigenvalue weighted by Gasteiger charge is -2.33. The summed E-state index contributed by atoms with van der Waals surface area (Å²) in [5, 5.41) is 19.4. The number of likely N-dealkylation sites (tertiary alicyclic amines) is 1. The third kappa shape index (κ3) is 5.05. The summed E-state index contributed by atoms with van der Waals surface area (Å²) in [6.07, 6.45) is 3.50. The van der Waals surface area contributed by atoms with Crippen molar-refractivity contribution in [1.82, 2.24) is 25.4 Å². The highest BCUT2D eigenvalue weighted by Gasteiger charge is 2.24. The summed E-state index contributed by atoms with van der Waals surface area (Å²) in [5.74, 6) is 1.21. The van der Waals surface area contributed by atoms with Crippen LogP contribution in [0.5, 0.6) is 5.75 Å². The number of rotatable bonds is 4. The van der Waals surface area contributed by atoms with E-state index in [1.807, 2.05) is 6.92 Å². The molecule has 0 aliphatic carbocycles. The Labute approximate surface area is 169 Å². The van der Waals surface area contributed by atoms with Gasteiger partial charge in [-0.05, 0) is 37.5 Å². The van der Waals surface area contributed by atoms with Gasteiger partial charge in [-0.3, -0.25) is 5.10 Å². The zero-order valence-electron chi connectivity index (χ0n) is 14.7. The average molecular weight is 474 g/mol. The molecule has 1 fully saturated rings. The number of H-pyrrole nitrogens is 1.